The Kier molecular flexibility index (Phi) is 1.62. The van der Waals surface area contributed by atoms with Crippen LogP contribution in [0, 0.1) is 0 Å². The Balaban J connectivity index is 2.69. The molecule has 0 aromatic heterocycles. The number of likely N-dealkylation sites (N-methyl/N-ethyl adjacent to an activating group) is 1. The van der Waals surface area contributed by atoms with E-state index in [1.54, 1.807) is 0 Å². The molecule has 3 heteroatoms. The Morgan fingerprint density at radius 2 is 2.44 bits per heavy atom. The maximum absolute atomic E-state index is 5.44. The second-order valence-electron chi connectivity index (χ2n) is 2.18. The van der Waals surface area contributed by atoms with E-state index in [0.29, 0.717) is 13.3 Å². The van der Waals surface area contributed by atoms with Crippen LogP contribution in [0.5, 0.6) is 0 Å². The van der Waals surface area contributed by atoms with Crippen molar-refractivity contribution < 1.29 is 4.74 Å². The van der Waals surface area contributed by atoms with Crippen LogP contribution in [0.1, 0.15) is 6.92 Å². The highest BCUT2D eigenvalue weighted by Gasteiger charge is 2.14. The van der Waals surface area contributed by atoms with Gasteiger partial charge in [-0.05, 0) is 6.92 Å². The van der Waals surface area contributed by atoms with Crippen LogP contribution in [0.4, 0.5) is 0 Å². The van der Waals surface area contributed by atoms with Crippen molar-refractivity contribution in [2.75, 3.05) is 20.3 Å². The smallest absolute Gasteiger partial charge is 0.160 e. The van der Waals surface area contributed by atoms with Crippen molar-refractivity contribution >= 4 is 0 Å². The zero-order chi connectivity index (χ0) is 6.85. The van der Waals surface area contributed by atoms with Crippen LogP contribution >= 0.6 is 0 Å². The number of allylic oxidation sites excluding steroid dienone is 1. The van der Waals surface area contributed by atoms with Crippen LogP contribution in [-0.4, -0.2) is 25.2 Å². The summed E-state index contributed by atoms with van der Waals surface area (Å²) in [7, 11) is 1.97. The molecule has 0 aliphatic carbocycles. The first-order chi connectivity index (χ1) is 4.25. The zero-order valence-electron chi connectivity index (χ0n) is 5.85. The monoisotopic (exact) mass is 128 g/mol. The summed E-state index contributed by atoms with van der Waals surface area (Å²) in [4.78, 5) is 2.01. The SMILES string of the molecule is CC1=C(CN)N(C)CO1. The molecule has 1 aliphatic rings. The topological polar surface area (TPSA) is 38.5 Å². The third-order valence-electron chi connectivity index (χ3n) is 1.54. The summed E-state index contributed by atoms with van der Waals surface area (Å²) >= 11 is 0. The van der Waals surface area contributed by atoms with Crippen molar-refractivity contribution in [3.05, 3.63) is 11.5 Å². The van der Waals surface area contributed by atoms with E-state index >= 15 is 0 Å². The van der Waals surface area contributed by atoms with Crippen molar-refractivity contribution in [3.8, 4) is 0 Å². The highest BCUT2D eigenvalue weighted by atomic mass is 16.5. The first-order valence-electron chi connectivity index (χ1n) is 2.99. The Labute approximate surface area is 55.1 Å². The predicted molar refractivity (Wildman–Crippen MR) is 35.5 cm³/mol. The van der Waals surface area contributed by atoms with E-state index in [0.717, 1.165) is 11.5 Å². The van der Waals surface area contributed by atoms with Gasteiger partial charge in [-0.2, -0.15) is 0 Å². The average molecular weight is 128 g/mol. The lowest BCUT2D eigenvalue weighted by atomic mass is 10.4. The fourth-order valence-electron chi connectivity index (χ4n) is 0.923. The van der Waals surface area contributed by atoms with Gasteiger partial charge in [-0.3, -0.25) is 0 Å². The molecule has 0 spiro atoms. The van der Waals surface area contributed by atoms with Gasteiger partial charge >= 0.3 is 0 Å². The molecule has 0 fully saturated rings. The Hall–Kier alpha value is -0.700. The molecule has 1 rings (SSSR count). The largest absolute Gasteiger partial charge is 0.476 e. The lowest BCUT2D eigenvalue weighted by molar-refractivity contribution is 0.168. The van der Waals surface area contributed by atoms with Crippen LogP contribution in [-0.2, 0) is 4.74 Å². The van der Waals surface area contributed by atoms with E-state index in [1.807, 2.05) is 18.9 Å². The molecule has 0 amide bonds. The molecule has 0 unspecified atom stereocenters. The molecule has 3 nitrogen and oxygen atoms in total. The van der Waals surface area contributed by atoms with E-state index in [4.69, 9.17) is 10.5 Å². The van der Waals surface area contributed by atoms with Gasteiger partial charge in [0, 0.05) is 13.6 Å². The van der Waals surface area contributed by atoms with E-state index in [1.165, 1.54) is 0 Å². The van der Waals surface area contributed by atoms with Gasteiger partial charge in [-0.15, -0.1) is 0 Å². The van der Waals surface area contributed by atoms with Crippen molar-refractivity contribution in [2.45, 2.75) is 6.92 Å². The first-order valence-corrected chi connectivity index (χ1v) is 2.99. The van der Waals surface area contributed by atoms with Gasteiger partial charge in [0.05, 0.1) is 5.70 Å². The number of nitrogens with zero attached hydrogens (tertiary/aromatic N) is 1. The minimum atomic E-state index is 0.572. The van der Waals surface area contributed by atoms with Gasteiger partial charge < -0.3 is 15.4 Å². The minimum absolute atomic E-state index is 0.572. The zero-order valence-corrected chi connectivity index (χ0v) is 5.85. The standard InChI is InChI=1S/C6H12N2O/c1-5-6(3-7)8(2)4-9-5/h3-4,7H2,1-2H3. The fraction of sp³-hybridized carbons (Fsp3) is 0.667. The molecular weight excluding hydrogens is 116 g/mol. The third-order valence-corrected chi connectivity index (χ3v) is 1.54. The summed E-state index contributed by atoms with van der Waals surface area (Å²) in [5, 5.41) is 0. The van der Waals surface area contributed by atoms with Gasteiger partial charge in [-0.25, -0.2) is 0 Å². The molecule has 52 valence electrons. The minimum Gasteiger partial charge on any atom is -0.476 e. The molecule has 0 aromatic carbocycles. The van der Waals surface area contributed by atoms with Crippen molar-refractivity contribution in [1.82, 2.24) is 4.90 Å². The van der Waals surface area contributed by atoms with Gasteiger partial charge in [0.1, 0.15) is 5.76 Å². The average Bonchev–Trinajstić information content (AvgIpc) is 2.12. The van der Waals surface area contributed by atoms with Crippen LogP contribution in [0.25, 0.3) is 0 Å². The lowest BCUT2D eigenvalue weighted by Gasteiger charge is -2.09. The molecule has 9 heavy (non-hydrogen) atoms. The Bertz CT molecular complexity index is 142. The number of hydrogen-bond donors (Lipinski definition) is 1. The van der Waals surface area contributed by atoms with E-state index < -0.39 is 0 Å². The van der Waals surface area contributed by atoms with Crippen LogP contribution < -0.4 is 5.73 Å². The first kappa shape index (κ1) is 6.42. The summed E-state index contributed by atoms with van der Waals surface area (Å²) < 4.78 is 5.19. The molecule has 2 N–H and O–H groups in total. The molecule has 0 bridgehead atoms. The van der Waals surface area contributed by atoms with Crippen LogP contribution in [0.2, 0.25) is 0 Å². The lowest BCUT2D eigenvalue weighted by Crippen LogP contribution is -2.19. The molecule has 0 atom stereocenters. The maximum atomic E-state index is 5.44. The highest BCUT2D eigenvalue weighted by Crippen LogP contribution is 2.15. The quantitative estimate of drug-likeness (QED) is 0.544. The van der Waals surface area contributed by atoms with E-state index in [-0.39, 0.29) is 0 Å². The number of rotatable bonds is 1. The van der Waals surface area contributed by atoms with Gasteiger partial charge in [0.15, 0.2) is 6.73 Å². The second-order valence-corrected chi connectivity index (χ2v) is 2.18. The molecule has 1 aliphatic heterocycles. The second kappa shape index (κ2) is 2.27. The predicted octanol–water partition coefficient (Wildman–Crippen LogP) is 0.0961. The number of nitrogens with two attached hydrogens (primary N) is 1. The summed E-state index contributed by atoms with van der Waals surface area (Å²) in [6, 6.07) is 0. The summed E-state index contributed by atoms with van der Waals surface area (Å²) in [5.74, 6) is 0.958. The molecule has 0 aromatic rings. The van der Waals surface area contributed by atoms with Gasteiger partial charge in [-0.1, -0.05) is 0 Å². The third kappa shape index (κ3) is 1.00. The molecule has 0 saturated carbocycles. The van der Waals surface area contributed by atoms with E-state index in [2.05, 4.69) is 0 Å². The molecular formula is C6H12N2O. The highest BCUT2D eigenvalue weighted by molar-refractivity contribution is 5.09. The normalized spacial score (nSPS) is 18.8. The summed E-state index contributed by atoms with van der Waals surface area (Å²) in [5.41, 5.74) is 6.54. The fourth-order valence-corrected chi connectivity index (χ4v) is 0.923. The molecule has 1 heterocycles. The van der Waals surface area contributed by atoms with E-state index in [9.17, 15) is 0 Å². The molecule has 0 radical (unpaired) electrons. The van der Waals surface area contributed by atoms with Crippen molar-refractivity contribution in [2.24, 2.45) is 5.73 Å². The van der Waals surface area contributed by atoms with Gasteiger partial charge in [0.2, 0.25) is 0 Å². The molecule has 0 saturated heterocycles. The number of ether oxygens (including phenoxy) is 1. The van der Waals surface area contributed by atoms with Crippen molar-refractivity contribution in [1.29, 1.82) is 0 Å². The van der Waals surface area contributed by atoms with Crippen LogP contribution in [0.15, 0.2) is 11.5 Å². The summed E-state index contributed by atoms with van der Waals surface area (Å²) in [6.45, 7) is 3.16. The number of hydrogen-bond acceptors (Lipinski definition) is 3. The Morgan fingerprint density at radius 3 is 2.67 bits per heavy atom. The van der Waals surface area contributed by atoms with Gasteiger partial charge in [0.25, 0.3) is 0 Å². The Morgan fingerprint density at radius 1 is 1.78 bits per heavy atom. The van der Waals surface area contributed by atoms with Crippen LogP contribution in [0.3, 0.4) is 0 Å². The van der Waals surface area contributed by atoms with Crippen molar-refractivity contribution in [3.63, 3.8) is 0 Å². The maximum Gasteiger partial charge on any atom is 0.160 e. The summed E-state index contributed by atoms with van der Waals surface area (Å²) in [6.07, 6.45) is 0.